The third kappa shape index (κ3) is 10.9. The number of benzene rings is 2. The summed E-state index contributed by atoms with van der Waals surface area (Å²) in [5.41, 5.74) is -0.714. The van der Waals surface area contributed by atoms with Crippen molar-refractivity contribution in [2.24, 2.45) is 0 Å². The Kier molecular flexibility index (Phi) is 10.8. The standard InChI is InChI=1S/C30H37F3N2O8/c1-29(2,3)42-27(37)35-17-23(40-28(38)43-30(4,5)6)24(41-26(36)34-16-19-8-7-9-20(31)14-19)22(35)15-18-10-12-21(13-11-18)39-25(32)33/h7-14,22-25H,15-17H2,1-6H3,(H,34,36)/t22-,23+,24+/m1/s1. The molecule has 13 heteroatoms. The Bertz CT molecular complexity index is 1260. The highest BCUT2D eigenvalue weighted by atomic mass is 19.3. The van der Waals surface area contributed by atoms with Crippen LogP contribution in [0.3, 0.4) is 0 Å². The predicted octanol–water partition coefficient (Wildman–Crippen LogP) is 6.20. The molecular weight excluding hydrogens is 573 g/mol. The second kappa shape index (κ2) is 13.9. The van der Waals surface area contributed by atoms with E-state index in [2.05, 4.69) is 10.1 Å². The molecule has 0 bridgehead atoms. The molecule has 10 nitrogen and oxygen atoms in total. The fourth-order valence-electron chi connectivity index (χ4n) is 4.31. The minimum Gasteiger partial charge on any atom is -0.444 e. The summed E-state index contributed by atoms with van der Waals surface area (Å²) < 4.78 is 65.4. The van der Waals surface area contributed by atoms with Gasteiger partial charge in [-0.1, -0.05) is 24.3 Å². The molecule has 1 heterocycles. The normalized spacial score (nSPS) is 18.7. The Morgan fingerprint density at radius 1 is 0.930 bits per heavy atom. The van der Waals surface area contributed by atoms with Crippen LogP contribution in [0.4, 0.5) is 27.6 Å². The van der Waals surface area contributed by atoms with Gasteiger partial charge in [0.25, 0.3) is 0 Å². The number of hydrogen-bond acceptors (Lipinski definition) is 8. The number of carbonyl (C=O) groups excluding carboxylic acids is 3. The van der Waals surface area contributed by atoms with Crippen molar-refractivity contribution in [3.63, 3.8) is 0 Å². The number of rotatable bonds is 8. The van der Waals surface area contributed by atoms with Gasteiger partial charge in [-0.15, -0.1) is 0 Å². The van der Waals surface area contributed by atoms with Gasteiger partial charge >= 0.3 is 25.0 Å². The Hall–Kier alpha value is -4.16. The molecule has 1 saturated heterocycles. The molecule has 0 spiro atoms. The molecule has 3 rings (SSSR count). The minimum absolute atomic E-state index is 0.0597. The Morgan fingerprint density at radius 3 is 2.16 bits per heavy atom. The fraction of sp³-hybridized carbons (Fsp3) is 0.500. The smallest absolute Gasteiger partial charge is 0.444 e. The van der Waals surface area contributed by atoms with Crippen LogP contribution in [0.5, 0.6) is 5.75 Å². The lowest BCUT2D eigenvalue weighted by Crippen LogP contribution is -2.46. The SMILES string of the molecule is CC(C)(C)OC(=O)O[C@H]1CN(C(=O)OC(C)(C)C)[C@H](Cc2ccc(OC(F)F)cc2)[C@@H]1OC(=O)NCc1cccc(F)c1. The number of halogens is 3. The summed E-state index contributed by atoms with van der Waals surface area (Å²) in [5.74, 6) is -0.544. The average molecular weight is 611 g/mol. The Morgan fingerprint density at radius 2 is 1.58 bits per heavy atom. The van der Waals surface area contributed by atoms with Crippen molar-refractivity contribution in [2.45, 2.75) is 90.6 Å². The number of nitrogens with zero attached hydrogens (tertiary/aromatic N) is 1. The van der Waals surface area contributed by atoms with Gasteiger partial charge in [-0.2, -0.15) is 8.78 Å². The van der Waals surface area contributed by atoms with Crippen LogP contribution in [-0.2, 0) is 31.9 Å². The maximum Gasteiger partial charge on any atom is 0.509 e. The van der Waals surface area contributed by atoms with E-state index in [1.165, 1.54) is 47.4 Å². The van der Waals surface area contributed by atoms with Crippen LogP contribution >= 0.6 is 0 Å². The molecule has 0 aliphatic carbocycles. The molecule has 43 heavy (non-hydrogen) atoms. The van der Waals surface area contributed by atoms with E-state index in [9.17, 15) is 27.6 Å². The highest BCUT2D eigenvalue weighted by Crippen LogP contribution is 2.30. The van der Waals surface area contributed by atoms with Crippen molar-refractivity contribution in [1.82, 2.24) is 10.2 Å². The van der Waals surface area contributed by atoms with Crippen molar-refractivity contribution in [3.05, 3.63) is 65.5 Å². The summed E-state index contributed by atoms with van der Waals surface area (Å²) in [5, 5.41) is 2.54. The van der Waals surface area contributed by atoms with E-state index in [-0.39, 0.29) is 25.3 Å². The lowest BCUT2D eigenvalue weighted by Gasteiger charge is -2.30. The number of hydrogen-bond donors (Lipinski definition) is 1. The van der Waals surface area contributed by atoms with Gasteiger partial charge in [-0.05, 0) is 83.4 Å². The van der Waals surface area contributed by atoms with Crippen LogP contribution in [-0.4, -0.2) is 65.8 Å². The van der Waals surface area contributed by atoms with E-state index in [4.69, 9.17) is 18.9 Å². The first-order valence-corrected chi connectivity index (χ1v) is 13.6. The summed E-state index contributed by atoms with van der Waals surface area (Å²) in [6.07, 6.45) is -5.00. The van der Waals surface area contributed by atoms with Crippen LogP contribution in [0.2, 0.25) is 0 Å². The van der Waals surface area contributed by atoms with Gasteiger partial charge in [-0.3, -0.25) is 4.90 Å². The van der Waals surface area contributed by atoms with E-state index in [1.54, 1.807) is 47.6 Å². The van der Waals surface area contributed by atoms with Gasteiger partial charge < -0.3 is 29.0 Å². The van der Waals surface area contributed by atoms with E-state index in [0.29, 0.717) is 11.1 Å². The largest absolute Gasteiger partial charge is 0.509 e. The highest BCUT2D eigenvalue weighted by molar-refractivity contribution is 5.71. The van der Waals surface area contributed by atoms with Crippen LogP contribution < -0.4 is 10.1 Å². The topological polar surface area (TPSA) is 113 Å². The van der Waals surface area contributed by atoms with E-state index < -0.39 is 60.2 Å². The number of likely N-dealkylation sites (tertiary alicyclic amines) is 1. The Labute approximate surface area is 248 Å². The summed E-state index contributed by atoms with van der Waals surface area (Å²) in [4.78, 5) is 40.2. The fourth-order valence-corrected chi connectivity index (χ4v) is 4.31. The van der Waals surface area contributed by atoms with E-state index in [0.717, 1.165) is 0 Å². The summed E-state index contributed by atoms with van der Waals surface area (Å²) in [7, 11) is 0. The predicted molar refractivity (Wildman–Crippen MR) is 148 cm³/mol. The zero-order valence-corrected chi connectivity index (χ0v) is 24.9. The zero-order valence-electron chi connectivity index (χ0n) is 24.9. The number of amides is 2. The second-order valence-electron chi connectivity index (χ2n) is 11.9. The van der Waals surface area contributed by atoms with Crippen LogP contribution in [0.25, 0.3) is 0 Å². The molecule has 0 saturated carbocycles. The van der Waals surface area contributed by atoms with Gasteiger partial charge in [0.15, 0.2) is 12.2 Å². The lowest BCUT2D eigenvalue weighted by molar-refractivity contribution is -0.0521. The number of alkyl carbamates (subject to hydrolysis) is 1. The van der Waals surface area contributed by atoms with Crippen molar-refractivity contribution in [1.29, 1.82) is 0 Å². The summed E-state index contributed by atoms with van der Waals surface area (Å²) in [6, 6.07) is 10.4. The van der Waals surface area contributed by atoms with Crippen LogP contribution in [0.1, 0.15) is 52.7 Å². The maximum absolute atomic E-state index is 13.6. The monoisotopic (exact) mass is 610 g/mol. The second-order valence-corrected chi connectivity index (χ2v) is 11.9. The number of alkyl halides is 2. The molecule has 1 N–H and O–H groups in total. The molecule has 236 valence electrons. The molecular formula is C30H37F3N2O8. The molecule has 0 unspecified atom stereocenters. The quantitative estimate of drug-likeness (QED) is 0.278. The van der Waals surface area contributed by atoms with Crippen LogP contribution in [0.15, 0.2) is 48.5 Å². The first kappa shape index (κ1) is 33.3. The number of ether oxygens (including phenoxy) is 5. The number of nitrogens with one attached hydrogen (secondary N) is 1. The van der Waals surface area contributed by atoms with Crippen molar-refractivity contribution < 1.29 is 51.2 Å². The summed E-state index contributed by atoms with van der Waals surface area (Å²) >= 11 is 0. The molecule has 2 amide bonds. The molecule has 0 radical (unpaired) electrons. The van der Waals surface area contributed by atoms with E-state index >= 15 is 0 Å². The van der Waals surface area contributed by atoms with Gasteiger partial charge in [0.05, 0.1) is 12.6 Å². The van der Waals surface area contributed by atoms with Crippen molar-refractivity contribution in [2.75, 3.05) is 6.54 Å². The third-order valence-corrected chi connectivity index (χ3v) is 5.95. The minimum atomic E-state index is -3.00. The van der Waals surface area contributed by atoms with E-state index in [1.807, 2.05) is 0 Å². The van der Waals surface area contributed by atoms with Gasteiger partial charge in [0, 0.05) is 6.54 Å². The molecule has 1 fully saturated rings. The van der Waals surface area contributed by atoms with Crippen molar-refractivity contribution in [3.8, 4) is 5.75 Å². The molecule has 1 aliphatic heterocycles. The van der Waals surface area contributed by atoms with Crippen LogP contribution in [0, 0.1) is 5.82 Å². The zero-order chi connectivity index (χ0) is 31.9. The molecule has 0 aromatic heterocycles. The van der Waals surface area contributed by atoms with Gasteiger partial charge in [0.2, 0.25) is 0 Å². The molecule has 2 aromatic carbocycles. The van der Waals surface area contributed by atoms with Crippen molar-refractivity contribution >= 4 is 18.3 Å². The maximum atomic E-state index is 13.6. The lowest BCUT2D eigenvalue weighted by atomic mass is 10.0. The molecule has 3 atom stereocenters. The average Bonchev–Trinajstić information content (AvgIpc) is 3.18. The number of carbonyl (C=O) groups is 3. The van der Waals surface area contributed by atoms with Gasteiger partial charge in [0.1, 0.15) is 22.8 Å². The highest BCUT2D eigenvalue weighted by Gasteiger charge is 2.50. The summed E-state index contributed by atoms with van der Waals surface area (Å²) in [6.45, 7) is 6.72. The first-order chi connectivity index (χ1) is 20.0. The molecule has 2 aromatic rings. The first-order valence-electron chi connectivity index (χ1n) is 13.6. The third-order valence-electron chi connectivity index (χ3n) is 5.95. The van der Waals surface area contributed by atoms with Gasteiger partial charge in [-0.25, -0.2) is 18.8 Å². The molecule has 1 aliphatic rings. The Balaban J connectivity index is 1.90.